The smallest absolute Gasteiger partial charge is 0.302 e. The Morgan fingerprint density at radius 2 is 1.60 bits per heavy atom. The van der Waals surface area contributed by atoms with Crippen molar-refractivity contribution < 1.29 is 14.0 Å². The molecule has 0 unspecified atom stereocenters. The summed E-state index contributed by atoms with van der Waals surface area (Å²) in [6, 6.07) is 0. The second-order valence-electron chi connectivity index (χ2n) is 7.53. The first-order chi connectivity index (χ1) is 8.97. The van der Waals surface area contributed by atoms with E-state index < -0.39 is 8.32 Å². The van der Waals surface area contributed by atoms with Crippen LogP contribution in [0.1, 0.15) is 54.4 Å². The standard InChI is InChI=1S/C16H34O3Si/c1-13(2)15(9-11-18-14(3)17)10-12-19-20(7,8)16(4,5)6/h13,15H,9-12H2,1-8H3/t15-/m0/s1. The molecule has 0 saturated heterocycles. The van der Waals surface area contributed by atoms with Gasteiger partial charge in [0.15, 0.2) is 8.32 Å². The third-order valence-corrected chi connectivity index (χ3v) is 9.03. The summed E-state index contributed by atoms with van der Waals surface area (Å²) in [5, 5.41) is 0.262. The summed E-state index contributed by atoms with van der Waals surface area (Å²) in [7, 11) is -1.64. The van der Waals surface area contributed by atoms with Crippen molar-refractivity contribution in [1.82, 2.24) is 0 Å². The molecule has 120 valence electrons. The molecule has 0 amide bonds. The van der Waals surface area contributed by atoms with E-state index in [1.54, 1.807) is 0 Å². The SMILES string of the molecule is CC(=O)OCC[C@@H](CCO[Si](C)(C)C(C)(C)C)C(C)C. The van der Waals surface area contributed by atoms with Gasteiger partial charge in [-0.15, -0.1) is 0 Å². The van der Waals surface area contributed by atoms with Crippen LogP contribution in [-0.2, 0) is 14.0 Å². The van der Waals surface area contributed by atoms with Gasteiger partial charge in [-0.1, -0.05) is 34.6 Å². The highest BCUT2D eigenvalue weighted by molar-refractivity contribution is 6.74. The second-order valence-corrected chi connectivity index (χ2v) is 12.3. The Hall–Kier alpha value is -0.353. The van der Waals surface area contributed by atoms with Crippen LogP contribution in [0.4, 0.5) is 0 Å². The molecule has 0 aliphatic carbocycles. The summed E-state index contributed by atoms with van der Waals surface area (Å²) in [6.45, 7) is 18.6. The number of hydrogen-bond acceptors (Lipinski definition) is 3. The fourth-order valence-corrected chi connectivity index (χ4v) is 2.91. The zero-order chi connectivity index (χ0) is 16.0. The lowest BCUT2D eigenvalue weighted by atomic mass is 9.90. The van der Waals surface area contributed by atoms with Crippen molar-refractivity contribution in [3.63, 3.8) is 0 Å². The van der Waals surface area contributed by atoms with E-state index in [9.17, 15) is 4.79 Å². The third kappa shape index (κ3) is 7.43. The molecule has 0 heterocycles. The second kappa shape index (κ2) is 8.18. The zero-order valence-electron chi connectivity index (χ0n) is 14.7. The van der Waals surface area contributed by atoms with Gasteiger partial charge in [-0.3, -0.25) is 4.79 Å². The Balaban J connectivity index is 4.19. The Morgan fingerprint density at radius 3 is 2.00 bits per heavy atom. The normalized spacial score (nSPS) is 14.4. The predicted octanol–water partition coefficient (Wildman–Crippen LogP) is 4.62. The summed E-state index contributed by atoms with van der Waals surface area (Å²) < 4.78 is 11.3. The molecule has 1 atom stereocenters. The van der Waals surface area contributed by atoms with Crippen molar-refractivity contribution >= 4 is 14.3 Å². The molecule has 20 heavy (non-hydrogen) atoms. The van der Waals surface area contributed by atoms with E-state index in [2.05, 4.69) is 47.7 Å². The zero-order valence-corrected chi connectivity index (χ0v) is 15.7. The Morgan fingerprint density at radius 1 is 1.10 bits per heavy atom. The lowest BCUT2D eigenvalue weighted by molar-refractivity contribution is -0.141. The van der Waals surface area contributed by atoms with Gasteiger partial charge in [-0.05, 0) is 42.8 Å². The molecule has 0 aromatic carbocycles. The van der Waals surface area contributed by atoms with Gasteiger partial charge in [0, 0.05) is 13.5 Å². The van der Waals surface area contributed by atoms with Crippen molar-refractivity contribution in [2.24, 2.45) is 11.8 Å². The minimum Gasteiger partial charge on any atom is -0.466 e. The molecule has 0 radical (unpaired) electrons. The van der Waals surface area contributed by atoms with Gasteiger partial charge >= 0.3 is 5.97 Å². The maximum absolute atomic E-state index is 10.8. The van der Waals surface area contributed by atoms with Crippen LogP contribution >= 0.6 is 0 Å². The minimum absolute atomic E-state index is 0.190. The van der Waals surface area contributed by atoms with E-state index >= 15 is 0 Å². The maximum atomic E-state index is 10.8. The van der Waals surface area contributed by atoms with E-state index in [0.717, 1.165) is 19.4 Å². The van der Waals surface area contributed by atoms with E-state index in [4.69, 9.17) is 9.16 Å². The summed E-state index contributed by atoms with van der Waals surface area (Å²) in [6.07, 6.45) is 1.98. The molecule has 0 rings (SSSR count). The van der Waals surface area contributed by atoms with Crippen LogP contribution in [0, 0.1) is 11.8 Å². The summed E-state index contributed by atoms with van der Waals surface area (Å²) >= 11 is 0. The van der Waals surface area contributed by atoms with E-state index in [1.807, 2.05) is 0 Å². The van der Waals surface area contributed by atoms with Gasteiger partial charge in [0.2, 0.25) is 0 Å². The molecular formula is C16H34O3Si. The van der Waals surface area contributed by atoms with Crippen LogP contribution in [0.5, 0.6) is 0 Å². The van der Waals surface area contributed by atoms with Crippen LogP contribution in [-0.4, -0.2) is 27.5 Å². The highest BCUT2D eigenvalue weighted by atomic mass is 28.4. The fraction of sp³-hybridized carbons (Fsp3) is 0.938. The van der Waals surface area contributed by atoms with Crippen molar-refractivity contribution in [1.29, 1.82) is 0 Å². The molecule has 0 aromatic heterocycles. The summed E-state index contributed by atoms with van der Waals surface area (Å²) in [5.41, 5.74) is 0. The van der Waals surface area contributed by atoms with Gasteiger partial charge in [-0.2, -0.15) is 0 Å². The van der Waals surface area contributed by atoms with Gasteiger partial charge < -0.3 is 9.16 Å². The topological polar surface area (TPSA) is 35.5 Å². The molecule has 0 aliphatic rings. The van der Waals surface area contributed by atoms with Crippen molar-refractivity contribution in [3.8, 4) is 0 Å². The monoisotopic (exact) mass is 302 g/mol. The first-order valence-electron chi connectivity index (χ1n) is 7.74. The van der Waals surface area contributed by atoms with Crippen LogP contribution in [0.3, 0.4) is 0 Å². The Kier molecular flexibility index (Phi) is 8.03. The largest absolute Gasteiger partial charge is 0.466 e. The number of rotatable bonds is 8. The number of hydrogen-bond donors (Lipinski definition) is 0. The van der Waals surface area contributed by atoms with Crippen molar-refractivity contribution in [2.45, 2.75) is 72.5 Å². The molecule has 0 bridgehead atoms. The quantitative estimate of drug-likeness (QED) is 0.484. The third-order valence-electron chi connectivity index (χ3n) is 4.49. The molecule has 0 fully saturated rings. The van der Waals surface area contributed by atoms with E-state index in [1.165, 1.54) is 6.92 Å². The van der Waals surface area contributed by atoms with Gasteiger partial charge in [0.1, 0.15) is 0 Å². The molecule has 3 nitrogen and oxygen atoms in total. The number of esters is 1. The number of ether oxygens (including phenoxy) is 1. The number of carbonyl (C=O) groups excluding carboxylic acids is 1. The van der Waals surface area contributed by atoms with Crippen molar-refractivity contribution in [2.75, 3.05) is 13.2 Å². The number of carbonyl (C=O) groups is 1. The Labute approximate surface area is 126 Å². The predicted molar refractivity (Wildman–Crippen MR) is 87.3 cm³/mol. The summed E-state index contributed by atoms with van der Waals surface area (Å²) in [5.74, 6) is 0.956. The lowest BCUT2D eigenvalue weighted by Crippen LogP contribution is -2.41. The maximum Gasteiger partial charge on any atom is 0.302 e. The molecule has 0 aliphatic heterocycles. The van der Waals surface area contributed by atoms with Gasteiger partial charge in [0.25, 0.3) is 0 Å². The molecule has 0 spiro atoms. The molecule has 4 heteroatoms. The summed E-state index contributed by atoms with van der Waals surface area (Å²) in [4.78, 5) is 10.8. The van der Waals surface area contributed by atoms with Crippen LogP contribution < -0.4 is 0 Å². The van der Waals surface area contributed by atoms with Gasteiger partial charge in [0.05, 0.1) is 6.61 Å². The Bertz CT molecular complexity index is 293. The first kappa shape index (κ1) is 19.6. The van der Waals surface area contributed by atoms with Crippen LogP contribution in [0.15, 0.2) is 0 Å². The van der Waals surface area contributed by atoms with Crippen molar-refractivity contribution in [3.05, 3.63) is 0 Å². The van der Waals surface area contributed by atoms with Gasteiger partial charge in [-0.25, -0.2) is 0 Å². The molecular weight excluding hydrogens is 268 g/mol. The fourth-order valence-electron chi connectivity index (χ4n) is 1.85. The average Bonchev–Trinajstić information content (AvgIpc) is 2.24. The van der Waals surface area contributed by atoms with E-state index in [-0.39, 0.29) is 11.0 Å². The highest BCUT2D eigenvalue weighted by Gasteiger charge is 2.37. The molecule has 0 saturated carbocycles. The average molecular weight is 303 g/mol. The highest BCUT2D eigenvalue weighted by Crippen LogP contribution is 2.36. The van der Waals surface area contributed by atoms with E-state index in [0.29, 0.717) is 18.4 Å². The lowest BCUT2D eigenvalue weighted by Gasteiger charge is -2.36. The molecule has 0 aromatic rings. The minimum atomic E-state index is -1.64. The molecule has 0 N–H and O–H groups in total. The van der Waals surface area contributed by atoms with Crippen LogP contribution in [0.2, 0.25) is 18.1 Å². The van der Waals surface area contributed by atoms with Crippen LogP contribution in [0.25, 0.3) is 0 Å². The first-order valence-corrected chi connectivity index (χ1v) is 10.7.